The van der Waals surface area contributed by atoms with Crippen molar-refractivity contribution in [3.8, 4) is 0 Å². The lowest BCUT2D eigenvalue weighted by molar-refractivity contribution is -0.147. The first-order valence-electron chi connectivity index (χ1n) is 13.2. The molecule has 11 heteroatoms. The Bertz CT molecular complexity index is 1260. The molecule has 208 valence electrons. The first-order chi connectivity index (χ1) is 18.6. The number of hydrogen-bond acceptors (Lipinski definition) is 7. The van der Waals surface area contributed by atoms with Gasteiger partial charge in [0.25, 0.3) is 5.91 Å². The SMILES string of the molecule is CN1CCN(Cc2cccc(C(F)(F)C(=O)NCc3ccc4c(c3)CN(C3CCC(=O)NC3=O)C4O)c2)CC1. The summed E-state index contributed by atoms with van der Waals surface area (Å²) in [5.41, 5.74) is 2.34. The Labute approximate surface area is 225 Å². The van der Waals surface area contributed by atoms with Gasteiger partial charge in [-0.05, 0) is 41.8 Å². The van der Waals surface area contributed by atoms with Crippen molar-refractivity contribution >= 4 is 17.7 Å². The van der Waals surface area contributed by atoms with Crippen molar-refractivity contribution in [3.63, 3.8) is 0 Å². The van der Waals surface area contributed by atoms with Crippen LogP contribution in [0.15, 0.2) is 42.5 Å². The number of carbonyl (C=O) groups is 3. The number of benzene rings is 2. The van der Waals surface area contributed by atoms with E-state index < -0.39 is 30.0 Å². The van der Waals surface area contributed by atoms with Crippen LogP contribution in [0.2, 0.25) is 0 Å². The van der Waals surface area contributed by atoms with Gasteiger partial charge in [0.15, 0.2) is 0 Å². The molecule has 0 bridgehead atoms. The van der Waals surface area contributed by atoms with Crippen LogP contribution in [0.4, 0.5) is 8.78 Å². The lowest BCUT2D eigenvalue weighted by Crippen LogP contribution is -2.51. The van der Waals surface area contributed by atoms with Gasteiger partial charge in [-0.1, -0.05) is 36.4 Å². The van der Waals surface area contributed by atoms with E-state index in [9.17, 15) is 19.5 Å². The number of rotatable bonds is 7. The maximum atomic E-state index is 15.1. The molecule has 3 aliphatic heterocycles. The van der Waals surface area contributed by atoms with Gasteiger partial charge in [-0.2, -0.15) is 8.78 Å². The van der Waals surface area contributed by atoms with Crippen LogP contribution in [0.1, 0.15) is 46.9 Å². The fraction of sp³-hybridized carbons (Fsp3) is 0.464. The maximum Gasteiger partial charge on any atom is 0.349 e. The first-order valence-corrected chi connectivity index (χ1v) is 13.2. The van der Waals surface area contributed by atoms with Gasteiger partial charge < -0.3 is 15.3 Å². The van der Waals surface area contributed by atoms with E-state index in [1.54, 1.807) is 35.2 Å². The zero-order chi connectivity index (χ0) is 27.7. The summed E-state index contributed by atoms with van der Waals surface area (Å²) in [5.74, 6) is -5.86. The number of imide groups is 1. The number of amides is 3. The number of aliphatic hydroxyl groups is 1. The predicted molar refractivity (Wildman–Crippen MR) is 138 cm³/mol. The number of aliphatic hydroxyl groups excluding tert-OH is 1. The van der Waals surface area contributed by atoms with Gasteiger partial charge >= 0.3 is 5.92 Å². The van der Waals surface area contributed by atoms with E-state index in [-0.39, 0.29) is 31.0 Å². The van der Waals surface area contributed by atoms with Gasteiger partial charge in [0.1, 0.15) is 6.23 Å². The van der Waals surface area contributed by atoms with Crippen LogP contribution in [0, 0.1) is 0 Å². The fourth-order valence-corrected chi connectivity index (χ4v) is 5.45. The van der Waals surface area contributed by atoms with Crippen LogP contribution in [-0.2, 0) is 39.9 Å². The Hall–Kier alpha value is -3.25. The van der Waals surface area contributed by atoms with E-state index in [2.05, 4.69) is 27.5 Å². The molecule has 0 aliphatic carbocycles. The number of nitrogens with zero attached hydrogens (tertiary/aromatic N) is 3. The summed E-state index contributed by atoms with van der Waals surface area (Å²) in [6, 6.07) is 10.5. The Kier molecular flexibility index (Phi) is 7.77. The minimum Gasteiger partial charge on any atom is -0.374 e. The maximum absolute atomic E-state index is 15.1. The molecular formula is C28H33F2N5O4. The zero-order valence-electron chi connectivity index (χ0n) is 21.8. The van der Waals surface area contributed by atoms with Crippen molar-refractivity contribution in [2.45, 2.75) is 50.7 Å². The Morgan fingerprint density at radius 1 is 1.10 bits per heavy atom. The van der Waals surface area contributed by atoms with Gasteiger partial charge in [0, 0.05) is 57.8 Å². The molecule has 5 rings (SSSR count). The summed E-state index contributed by atoms with van der Waals surface area (Å²) in [7, 11) is 2.05. The number of fused-ring (bicyclic) bond motifs is 1. The van der Waals surface area contributed by atoms with Gasteiger partial charge in [-0.3, -0.25) is 29.5 Å². The predicted octanol–water partition coefficient (Wildman–Crippen LogP) is 1.45. The third-order valence-electron chi connectivity index (χ3n) is 7.79. The second kappa shape index (κ2) is 11.1. The lowest BCUT2D eigenvalue weighted by Gasteiger charge is -2.32. The van der Waals surface area contributed by atoms with E-state index >= 15 is 8.78 Å². The van der Waals surface area contributed by atoms with E-state index in [0.29, 0.717) is 24.1 Å². The molecule has 3 amide bonds. The average molecular weight is 542 g/mol. The molecule has 0 radical (unpaired) electrons. The Balaban J connectivity index is 1.20. The Morgan fingerprint density at radius 3 is 2.62 bits per heavy atom. The van der Waals surface area contributed by atoms with Gasteiger partial charge in [-0.25, -0.2) is 0 Å². The molecule has 39 heavy (non-hydrogen) atoms. The van der Waals surface area contributed by atoms with Crippen LogP contribution in [0.25, 0.3) is 0 Å². The summed E-state index contributed by atoms with van der Waals surface area (Å²) in [4.78, 5) is 42.4. The quantitative estimate of drug-likeness (QED) is 0.456. The van der Waals surface area contributed by atoms with Crippen LogP contribution in [0.3, 0.4) is 0 Å². The largest absolute Gasteiger partial charge is 0.374 e. The van der Waals surface area contributed by atoms with Gasteiger partial charge in [-0.15, -0.1) is 0 Å². The highest BCUT2D eigenvalue weighted by atomic mass is 19.3. The summed E-state index contributed by atoms with van der Waals surface area (Å²) in [6.45, 7) is 4.28. The molecule has 0 saturated carbocycles. The molecular weight excluding hydrogens is 508 g/mol. The molecule has 3 aliphatic rings. The first kappa shape index (κ1) is 27.3. The number of nitrogens with one attached hydrogen (secondary N) is 2. The smallest absolute Gasteiger partial charge is 0.349 e. The van der Waals surface area contributed by atoms with Crippen LogP contribution >= 0.6 is 0 Å². The van der Waals surface area contributed by atoms with Gasteiger partial charge in [0.05, 0.1) is 6.04 Å². The Morgan fingerprint density at radius 2 is 1.87 bits per heavy atom. The van der Waals surface area contributed by atoms with Crippen molar-refractivity contribution in [1.82, 2.24) is 25.3 Å². The summed E-state index contributed by atoms with van der Waals surface area (Å²) >= 11 is 0. The average Bonchev–Trinajstić information content (AvgIpc) is 3.24. The van der Waals surface area contributed by atoms with E-state index in [4.69, 9.17) is 0 Å². The molecule has 3 heterocycles. The van der Waals surface area contributed by atoms with Crippen LogP contribution in [-0.4, -0.2) is 76.8 Å². The molecule has 2 saturated heterocycles. The normalized spacial score (nSPS) is 23.0. The second-order valence-corrected chi connectivity index (χ2v) is 10.6. The van der Waals surface area contributed by atoms with E-state index in [0.717, 1.165) is 37.3 Å². The number of hydrogen-bond donors (Lipinski definition) is 3. The third kappa shape index (κ3) is 5.86. The topological polar surface area (TPSA) is 105 Å². The summed E-state index contributed by atoms with van der Waals surface area (Å²) < 4.78 is 30.2. The molecule has 0 aromatic heterocycles. The van der Waals surface area contributed by atoms with Crippen molar-refractivity contribution < 1.29 is 28.3 Å². The zero-order valence-corrected chi connectivity index (χ0v) is 21.8. The third-order valence-corrected chi connectivity index (χ3v) is 7.79. The minimum atomic E-state index is -3.70. The van der Waals surface area contributed by atoms with Gasteiger partial charge in [0.2, 0.25) is 11.8 Å². The standard InChI is InChI=1S/C28H33F2N5O4/c1-33-9-11-34(12-10-33)16-19-3-2-4-21(14-19)28(29,30)27(39)31-15-18-5-6-22-20(13-18)17-35(26(22)38)23-7-8-24(36)32-25(23)37/h2-6,13-14,23,26,38H,7-12,15-17H2,1H3,(H,31,39)(H,32,36,37). The highest BCUT2D eigenvalue weighted by Crippen LogP contribution is 2.36. The number of carbonyl (C=O) groups excluding carboxylic acids is 3. The number of alkyl halides is 2. The van der Waals surface area contributed by atoms with E-state index in [1.165, 1.54) is 12.1 Å². The highest BCUT2D eigenvalue weighted by Gasteiger charge is 2.42. The number of halogens is 2. The number of piperazine rings is 1. The highest BCUT2D eigenvalue weighted by molar-refractivity contribution is 6.00. The number of likely N-dealkylation sites (N-methyl/N-ethyl adjacent to an activating group) is 1. The lowest BCUT2D eigenvalue weighted by atomic mass is 10.0. The molecule has 0 spiro atoms. The molecule has 3 N–H and O–H groups in total. The molecule has 2 fully saturated rings. The van der Waals surface area contributed by atoms with Crippen molar-refractivity contribution in [2.24, 2.45) is 0 Å². The molecule has 2 unspecified atom stereocenters. The molecule has 2 aromatic rings. The van der Waals surface area contributed by atoms with Crippen molar-refractivity contribution in [3.05, 3.63) is 70.3 Å². The van der Waals surface area contributed by atoms with Crippen molar-refractivity contribution in [1.29, 1.82) is 0 Å². The van der Waals surface area contributed by atoms with Crippen LogP contribution in [0.5, 0.6) is 0 Å². The molecule has 2 aromatic carbocycles. The minimum absolute atomic E-state index is 0.114. The summed E-state index contributed by atoms with van der Waals surface area (Å²) in [5, 5.41) is 15.4. The summed E-state index contributed by atoms with van der Waals surface area (Å²) in [6.07, 6.45) is -0.514. The van der Waals surface area contributed by atoms with Crippen molar-refractivity contribution in [2.75, 3.05) is 33.2 Å². The second-order valence-electron chi connectivity index (χ2n) is 10.6. The molecule has 2 atom stereocenters. The number of piperidine rings is 1. The van der Waals surface area contributed by atoms with Crippen LogP contribution < -0.4 is 10.6 Å². The monoisotopic (exact) mass is 541 g/mol. The fourth-order valence-electron chi connectivity index (χ4n) is 5.45. The van der Waals surface area contributed by atoms with E-state index in [1.807, 2.05) is 0 Å². The molecule has 9 nitrogen and oxygen atoms in total.